The molecule has 0 atom stereocenters. The Morgan fingerprint density at radius 2 is 1.75 bits per heavy atom. The van der Waals surface area contributed by atoms with Crippen molar-refractivity contribution in [3.63, 3.8) is 0 Å². The van der Waals surface area contributed by atoms with Crippen molar-refractivity contribution < 1.29 is 14.3 Å². The molecule has 2 amide bonds. The van der Waals surface area contributed by atoms with Crippen LogP contribution in [0.4, 0.5) is 0 Å². The van der Waals surface area contributed by atoms with Gasteiger partial charge in [-0.05, 0) is 42.8 Å². The van der Waals surface area contributed by atoms with E-state index >= 15 is 0 Å². The van der Waals surface area contributed by atoms with Crippen LogP contribution in [0, 0.1) is 0 Å². The number of rotatable bonds is 6. The summed E-state index contributed by atoms with van der Waals surface area (Å²) in [4.78, 5) is 24.1. The first-order valence-electron chi connectivity index (χ1n) is 7.46. The molecule has 0 aliphatic carbocycles. The van der Waals surface area contributed by atoms with Crippen molar-refractivity contribution in [3.05, 3.63) is 71.4 Å². The van der Waals surface area contributed by atoms with Crippen LogP contribution in [0.1, 0.15) is 22.8 Å². The molecule has 0 aliphatic rings. The van der Waals surface area contributed by atoms with Crippen LogP contribution in [0.15, 0.2) is 60.3 Å². The van der Waals surface area contributed by atoms with Crippen molar-refractivity contribution in [2.45, 2.75) is 6.92 Å². The predicted molar refractivity (Wildman–Crippen MR) is 91.8 cm³/mol. The Bertz CT molecular complexity index is 725. The topological polar surface area (TPSA) is 93.4 Å². The van der Waals surface area contributed by atoms with Crippen LogP contribution in [0.3, 0.4) is 0 Å². The normalized spacial score (nSPS) is 10.8. The van der Waals surface area contributed by atoms with Gasteiger partial charge < -0.3 is 10.1 Å². The van der Waals surface area contributed by atoms with E-state index in [2.05, 4.69) is 5.32 Å². The second-order valence-corrected chi connectivity index (χ2v) is 4.85. The van der Waals surface area contributed by atoms with Crippen molar-refractivity contribution in [2.24, 2.45) is 5.84 Å². The average molecular weight is 325 g/mol. The third kappa shape index (κ3) is 4.69. The van der Waals surface area contributed by atoms with E-state index < -0.39 is 11.8 Å². The Morgan fingerprint density at radius 1 is 1.08 bits per heavy atom. The molecule has 0 unspecified atom stereocenters. The van der Waals surface area contributed by atoms with E-state index in [1.165, 1.54) is 0 Å². The quantitative estimate of drug-likeness (QED) is 0.327. The Kier molecular flexibility index (Phi) is 6.10. The van der Waals surface area contributed by atoms with Crippen molar-refractivity contribution in [1.82, 2.24) is 10.7 Å². The Hall–Kier alpha value is -3.12. The number of ether oxygens (including phenoxy) is 1. The first-order valence-corrected chi connectivity index (χ1v) is 7.46. The molecule has 2 aromatic rings. The van der Waals surface area contributed by atoms with Gasteiger partial charge in [0.25, 0.3) is 11.8 Å². The van der Waals surface area contributed by atoms with E-state index in [0.717, 1.165) is 11.3 Å². The zero-order chi connectivity index (χ0) is 17.4. The first kappa shape index (κ1) is 17.2. The zero-order valence-electron chi connectivity index (χ0n) is 13.3. The molecule has 4 N–H and O–H groups in total. The maximum absolute atomic E-state index is 12.2. The predicted octanol–water partition coefficient (Wildman–Crippen LogP) is 1.85. The summed E-state index contributed by atoms with van der Waals surface area (Å²) in [6.45, 7) is 2.47. The van der Waals surface area contributed by atoms with Crippen LogP contribution in [-0.2, 0) is 4.79 Å². The van der Waals surface area contributed by atoms with Gasteiger partial charge in [0.15, 0.2) is 0 Å². The fraction of sp³-hybridized carbons (Fsp3) is 0.111. The smallest absolute Gasteiger partial charge is 0.281 e. The van der Waals surface area contributed by atoms with Gasteiger partial charge in [-0.15, -0.1) is 0 Å². The highest BCUT2D eigenvalue weighted by molar-refractivity contribution is 6.05. The largest absolute Gasteiger partial charge is 0.494 e. The van der Waals surface area contributed by atoms with Gasteiger partial charge >= 0.3 is 0 Å². The Balaban J connectivity index is 2.21. The number of carbonyl (C=O) groups is 2. The zero-order valence-corrected chi connectivity index (χ0v) is 13.3. The number of carbonyl (C=O) groups excluding carboxylic acids is 2. The molecular formula is C18H19N3O3. The third-order valence-electron chi connectivity index (χ3n) is 3.16. The number of hydrogen-bond acceptors (Lipinski definition) is 4. The van der Waals surface area contributed by atoms with Gasteiger partial charge in [-0.2, -0.15) is 0 Å². The van der Waals surface area contributed by atoms with E-state index in [1.54, 1.807) is 60.7 Å². The number of nitrogens with two attached hydrogens (primary N) is 1. The summed E-state index contributed by atoms with van der Waals surface area (Å²) >= 11 is 0. The number of benzene rings is 2. The maximum atomic E-state index is 12.2. The number of nitrogens with one attached hydrogen (secondary N) is 2. The van der Waals surface area contributed by atoms with Crippen molar-refractivity contribution in [3.8, 4) is 5.75 Å². The van der Waals surface area contributed by atoms with Gasteiger partial charge in [0.2, 0.25) is 0 Å². The second kappa shape index (κ2) is 8.50. The molecule has 0 radical (unpaired) electrons. The molecule has 0 saturated heterocycles. The lowest BCUT2D eigenvalue weighted by Crippen LogP contribution is -2.38. The summed E-state index contributed by atoms with van der Waals surface area (Å²) in [7, 11) is 0. The molecule has 2 aromatic carbocycles. The molecule has 6 heteroatoms. The minimum absolute atomic E-state index is 0.0514. The molecule has 124 valence electrons. The van der Waals surface area contributed by atoms with Crippen molar-refractivity contribution in [2.75, 3.05) is 6.61 Å². The number of hydrazine groups is 1. The van der Waals surface area contributed by atoms with Crippen LogP contribution in [0.5, 0.6) is 5.75 Å². The highest BCUT2D eigenvalue weighted by Crippen LogP contribution is 2.14. The van der Waals surface area contributed by atoms with Gasteiger partial charge in [-0.25, -0.2) is 5.84 Å². The van der Waals surface area contributed by atoms with E-state index in [-0.39, 0.29) is 5.70 Å². The summed E-state index contributed by atoms with van der Waals surface area (Å²) in [5, 5.41) is 2.57. The molecule has 24 heavy (non-hydrogen) atoms. The monoisotopic (exact) mass is 325 g/mol. The van der Waals surface area contributed by atoms with Gasteiger partial charge in [0.1, 0.15) is 11.4 Å². The molecule has 6 nitrogen and oxygen atoms in total. The second-order valence-electron chi connectivity index (χ2n) is 4.85. The summed E-state index contributed by atoms with van der Waals surface area (Å²) in [5.41, 5.74) is 3.25. The highest BCUT2D eigenvalue weighted by Gasteiger charge is 2.13. The summed E-state index contributed by atoms with van der Waals surface area (Å²) < 4.78 is 5.37. The molecule has 0 aliphatic heterocycles. The minimum Gasteiger partial charge on any atom is -0.494 e. The van der Waals surface area contributed by atoms with E-state index in [0.29, 0.717) is 12.2 Å². The van der Waals surface area contributed by atoms with Gasteiger partial charge in [0, 0.05) is 5.56 Å². The highest BCUT2D eigenvalue weighted by atomic mass is 16.5. The number of hydrogen-bond donors (Lipinski definition) is 3. The molecule has 0 spiro atoms. The summed E-state index contributed by atoms with van der Waals surface area (Å²) in [6.07, 6.45) is 1.54. The standard InChI is InChI=1S/C18H19N3O3/c1-2-24-15-10-8-13(9-11-15)12-16(18(23)21-19)20-17(22)14-6-4-3-5-7-14/h3-12H,2,19H2,1H3,(H,20,22)(H,21,23)/b16-12+. The molecule has 0 fully saturated rings. The molecule has 0 heterocycles. The van der Waals surface area contributed by atoms with Crippen LogP contribution >= 0.6 is 0 Å². The van der Waals surface area contributed by atoms with Crippen LogP contribution in [0.2, 0.25) is 0 Å². The van der Waals surface area contributed by atoms with Crippen LogP contribution < -0.4 is 21.3 Å². The summed E-state index contributed by atoms with van der Waals surface area (Å²) in [6, 6.07) is 15.7. The molecular weight excluding hydrogens is 306 g/mol. The van der Waals surface area contributed by atoms with Crippen LogP contribution in [-0.4, -0.2) is 18.4 Å². The lowest BCUT2D eigenvalue weighted by Gasteiger charge is -2.09. The Morgan fingerprint density at radius 3 is 2.33 bits per heavy atom. The third-order valence-corrected chi connectivity index (χ3v) is 3.16. The molecule has 0 bridgehead atoms. The van der Waals surface area contributed by atoms with E-state index in [9.17, 15) is 9.59 Å². The number of amides is 2. The van der Waals surface area contributed by atoms with Gasteiger partial charge in [0.05, 0.1) is 6.61 Å². The molecule has 2 rings (SSSR count). The fourth-order valence-corrected chi connectivity index (χ4v) is 2.01. The molecule has 0 aromatic heterocycles. The molecule has 0 saturated carbocycles. The van der Waals surface area contributed by atoms with Crippen LogP contribution in [0.25, 0.3) is 6.08 Å². The van der Waals surface area contributed by atoms with Crippen molar-refractivity contribution in [1.29, 1.82) is 0 Å². The van der Waals surface area contributed by atoms with Gasteiger partial charge in [-0.3, -0.25) is 15.0 Å². The van der Waals surface area contributed by atoms with Crippen molar-refractivity contribution >= 4 is 17.9 Å². The lowest BCUT2D eigenvalue weighted by molar-refractivity contribution is -0.117. The first-order chi connectivity index (χ1) is 11.6. The maximum Gasteiger partial charge on any atom is 0.281 e. The van der Waals surface area contributed by atoms with E-state index in [1.807, 2.05) is 12.3 Å². The summed E-state index contributed by atoms with van der Waals surface area (Å²) in [5.74, 6) is 4.94. The fourth-order valence-electron chi connectivity index (χ4n) is 2.01. The van der Waals surface area contributed by atoms with Gasteiger partial charge in [-0.1, -0.05) is 30.3 Å². The SMILES string of the molecule is CCOc1ccc(/C=C(/NC(=O)c2ccccc2)C(=O)NN)cc1. The van der Waals surface area contributed by atoms with E-state index in [4.69, 9.17) is 10.6 Å². The minimum atomic E-state index is -0.590. The lowest BCUT2D eigenvalue weighted by atomic mass is 10.1. The average Bonchev–Trinajstić information content (AvgIpc) is 2.63. The Labute approximate surface area is 140 Å².